The molecule has 2 rings (SSSR count). The third-order valence-corrected chi connectivity index (χ3v) is 3.52. The number of terminal acetylenes is 1. The van der Waals surface area contributed by atoms with E-state index in [0.29, 0.717) is 11.4 Å². The number of nitrogens with zero attached hydrogens (tertiary/aromatic N) is 1. The number of carbonyl (C=O) groups excluding carboxylic acids is 2. The second-order valence-electron chi connectivity index (χ2n) is 5.77. The maximum atomic E-state index is 11.9. The molecule has 0 saturated carbocycles. The molecule has 0 unspecified atom stereocenters. The van der Waals surface area contributed by atoms with E-state index in [1.165, 1.54) is 6.21 Å². The number of benzene rings is 2. The van der Waals surface area contributed by atoms with E-state index in [2.05, 4.69) is 21.8 Å². The Labute approximate surface area is 158 Å². The quantitative estimate of drug-likeness (QED) is 0.430. The van der Waals surface area contributed by atoms with Crippen LogP contribution in [-0.2, 0) is 9.59 Å². The predicted octanol–water partition coefficient (Wildman–Crippen LogP) is 2.88. The molecular weight excluding hydrogens is 342 g/mol. The van der Waals surface area contributed by atoms with Gasteiger partial charge in [0.25, 0.3) is 0 Å². The van der Waals surface area contributed by atoms with Gasteiger partial charge in [-0.15, -0.1) is 6.42 Å². The van der Waals surface area contributed by atoms with Crippen LogP contribution in [0.25, 0.3) is 0 Å². The van der Waals surface area contributed by atoms with E-state index >= 15 is 0 Å². The smallest absolute Gasteiger partial charge is 0.240 e. The summed E-state index contributed by atoms with van der Waals surface area (Å²) < 4.78 is 5.27. The molecule has 2 aromatic rings. The number of hydrogen-bond donors (Lipinski definition) is 2. The van der Waals surface area contributed by atoms with Crippen molar-refractivity contribution >= 4 is 23.7 Å². The Morgan fingerprint density at radius 1 is 1.07 bits per heavy atom. The number of aryl methyl sites for hydroxylation is 1. The maximum absolute atomic E-state index is 11.9. The highest BCUT2D eigenvalue weighted by atomic mass is 16.5. The van der Waals surface area contributed by atoms with E-state index in [4.69, 9.17) is 11.2 Å². The molecule has 2 N–H and O–H groups in total. The Morgan fingerprint density at radius 3 is 2.41 bits per heavy atom. The summed E-state index contributed by atoms with van der Waals surface area (Å²) in [4.78, 5) is 23.6. The summed E-state index contributed by atoms with van der Waals surface area (Å²) in [6.45, 7) is 2.18. The van der Waals surface area contributed by atoms with Crippen molar-refractivity contribution in [2.75, 3.05) is 11.9 Å². The molecule has 6 heteroatoms. The zero-order chi connectivity index (χ0) is 19.5. The van der Waals surface area contributed by atoms with E-state index in [-0.39, 0.29) is 31.3 Å². The minimum Gasteiger partial charge on any atom is -0.481 e. The monoisotopic (exact) mass is 363 g/mol. The van der Waals surface area contributed by atoms with Crippen molar-refractivity contribution in [3.05, 3.63) is 59.7 Å². The molecule has 2 amide bonds. The lowest BCUT2D eigenvalue weighted by atomic mass is 10.2. The first-order chi connectivity index (χ1) is 13.1. The van der Waals surface area contributed by atoms with Crippen LogP contribution in [0.3, 0.4) is 0 Å². The topological polar surface area (TPSA) is 79.8 Å². The molecule has 0 heterocycles. The normalized spacial score (nSPS) is 10.2. The Morgan fingerprint density at radius 2 is 1.74 bits per heavy atom. The second kappa shape index (κ2) is 10.4. The molecule has 2 aromatic carbocycles. The van der Waals surface area contributed by atoms with Crippen LogP contribution >= 0.6 is 0 Å². The SMILES string of the molecule is C#CCOc1ccc(C=NNC(=O)CCC(=O)Nc2ccc(C)cc2)cc1. The highest BCUT2D eigenvalue weighted by molar-refractivity contribution is 5.93. The van der Waals surface area contributed by atoms with Crippen molar-refractivity contribution < 1.29 is 14.3 Å². The molecule has 6 nitrogen and oxygen atoms in total. The van der Waals surface area contributed by atoms with E-state index in [0.717, 1.165) is 11.1 Å². The molecule has 0 aliphatic carbocycles. The summed E-state index contributed by atoms with van der Waals surface area (Å²) in [6.07, 6.45) is 6.76. The highest BCUT2D eigenvalue weighted by Crippen LogP contribution is 2.11. The standard InChI is InChI=1S/C21H21N3O3/c1-3-14-27-19-10-6-17(7-11-19)15-22-24-21(26)13-12-20(25)23-18-8-4-16(2)5-9-18/h1,4-11,15H,12-14H2,2H3,(H,23,25)(H,24,26). The number of anilines is 1. The molecule has 0 aromatic heterocycles. The van der Waals surface area contributed by atoms with Gasteiger partial charge in [-0.3, -0.25) is 9.59 Å². The fraction of sp³-hybridized carbons (Fsp3) is 0.190. The van der Waals surface area contributed by atoms with Gasteiger partial charge >= 0.3 is 0 Å². The van der Waals surface area contributed by atoms with Gasteiger partial charge < -0.3 is 10.1 Å². The fourth-order valence-electron chi connectivity index (χ4n) is 2.10. The van der Waals surface area contributed by atoms with Crippen LogP contribution in [0.15, 0.2) is 53.6 Å². The molecule has 0 saturated heterocycles. The van der Waals surface area contributed by atoms with Gasteiger partial charge in [0.1, 0.15) is 12.4 Å². The number of hydrazone groups is 1. The van der Waals surface area contributed by atoms with E-state index in [1.807, 2.05) is 31.2 Å². The first kappa shape index (κ1) is 19.7. The number of rotatable bonds is 8. The first-order valence-electron chi connectivity index (χ1n) is 8.41. The van der Waals surface area contributed by atoms with Crippen molar-refractivity contribution in [1.82, 2.24) is 5.43 Å². The average molecular weight is 363 g/mol. The zero-order valence-electron chi connectivity index (χ0n) is 15.1. The summed E-state index contributed by atoms with van der Waals surface area (Å²) in [5.74, 6) is 2.49. The largest absolute Gasteiger partial charge is 0.481 e. The van der Waals surface area contributed by atoms with Gasteiger partial charge in [-0.05, 0) is 48.9 Å². The summed E-state index contributed by atoms with van der Waals surface area (Å²) in [6, 6.07) is 14.6. The highest BCUT2D eigenvalue weighted by Gasteiger charge is 2.06. The van der Waals surface area contributed by atoms with Gasteiger partial charge in [-0.2, -0.15) is 5.10 Å². The molecule has 0 fully saturated rings. The van der Waals surface area contributed by atoms with Crippen LogP contribution in [0.4, 0.5) is 5.69 Å². The lowest BCUT2D eigenvalue weighted by molar-refractivity contribution is -0.124. The Hall–Kier alpha value is -3.59. The number of amides is 2. The van der Waals surface area contributed by atoms with Gasteiger partial charge in [0.2, 0.25) is 11.8 Å². The average Bonchev–Trinajstić information content (AvgIpc) is 2.67. The maximum Gasteiger partial charge on any atom is 0.240 e. The summed E-state index contributed by atoms with van der Waals surface area (Å²) in [5.41, 5.74) is 5.01. The fourth-order valence-corrected chi connectivity index (χ4v) is 2.10. The van der Waals surface area contributed by atoms with Crippen molar-refractivity contribution in [2.24, 2.45) is 5.10 Å². The van der Waals surface area contributed by atoms with Crippen LogP contribution in [0, 0.1) is 19.3 Å². The van der Waals surface area contributed by atoms with E-state index < -0.39 is 0 Å². The molecule has 0 bridgehead atoms. The molecular formula is C21H21N3O3. The summed E-state index contributed by atoms with van der Waals surface area (Å²) in [5, 5.41) is 6.62. The summed E-state index contributed by atoms with van der Waals surface area (Å²) >= 11 is 0. The molecule has 138 valence electrons. The van der Waals surface area contributed by atoms with Crippen LogP contribution in [-0.4, -0.2) is 24.6 Å². The van der Waals surface area contributed by atoms with Gasteiger partial charge in [0, 0.05) is 18.5 Å². The Kier molecular flexibility index (Phi) is 7.61. The van der Waals surface area contributed by atoms with Crippen LogP contribution < -0.4 is 15.5 Å². The third kappa shape index (κ3) is 7.45. The van der Waals surface area contributed by atoms with Gasteiger partial charge in [-0.25, -0.2) is 5.43 Å². The second-order valence-corrected chi connectivity index (χ2v) is 5.77. The van der Waals surface area contributed by atoms with Crippen molar-refractivity contribution in [1.29, 1.82) is 0 Å². The molecule has 0 radical (unpaired) electrons. The zero-order valence-corrected chi connectivity index (χ0v) is 15.1. The van der Waals surface area contributed by atoms with Gasteiger partial charge in [0.05, 0.1) is 6.21 Å². The lowest BCUT2D eigenvalue weighted by Crippen LogP contribution is -2.20. The number of nitrogens with one attached hydrogen (secondary N) is 2. The predicted molar refractivity (Wildman–Crippen MR) is 106 cm³/mol. The lowest BCUT2D eigenvalue weighted by Gasteiger charge is -2.05. The van der Waals surface area contributed by atoms with E-state index in [1.54, 1.807) is 24.3 Å². The number of carbonyl (C=O) groups is 2. The minimum absolute atomic E-state index is 0.0495. The van der Waals surface area contributed by atoms with Crippen molar-refractivity contribution in [2.45, 2.75) is 19.8 Å². The van der Waals surface area contributed by atoms with Gasteiger partial charge in [-0.1, -0.05) is 23.6 Å². The third-order valence-electron chi connectivity index (χ3n) is 3.52. The van der Waals surface area contributed by atoms with Gasteiger partial charge in [0.15, 0.2) is 0 Å². The number of hydrogen-bond acceptors (Lipinski definition) is 4. The van der Waals surface area contributed by atoms with E-state index in [9.17, 15) is 9.59 Å². The molecule has 0 spiro atoms. The molecule has 0 aliphatic rings. The minimum atomic E-state index is -0.334. The van der Waals surface area contributed by atoms with Crippen molar-refractivity contribution in [3.63, 3.8) is 0 Å². The number of ether oxygens (including phenoxy) is 1. The van der Waals surface area contributed by atoms with Crippen LogP contribution in [0.1, 0.15) is 24.0 Å². The molecule has 0 atom stereocenters. The van der Waals surface area contributed by atoms with Crippen molar-refractivity contribution in [3.8, 4) is 18.1 Å². The Balaban J connectivity index is 1.70. The summed E-state index contributed by atoms with van der Waals surface area (Å²) in [7, 11) is 0. The first-order valence-corrected chi connectivity index (χ1v) is 8.41. The molecule has 27 heavy (non-hydrogen) atoms. The Bertz CT molecular complexity index is 834. The van der Waals surface area contributed by atoms with Crippen LogP contribution in [0.2, 0.25) is 0 Å². The molecule has 0 aliphatic heterocycles. The van der Waals surface area contributed by atoms with Crippen LogP contribution in [0.5, 0.6) is 5.75 Å².